The van der Waals surface area contributed by atoms with Crippen LogP contribution >= 0.6 is 0 Å². The zero-order chi connectivity index (χ0) is 15.4. The highest BCUT2D eigenvalue weighted by atomic mass is 16.5. The molecule has 0 spiro atoms. The van der Waals surface area contributed by atoms with Gasteiger partial charge in [-0.25, -0.2) is 0 Å². The molecule has 0 aliphatic carbocycles. The van der Waals surface area contributed by atoms with E-state index in [1.54, 1.807) is 0 Å². The molecule has 0 radical (unpaired) electrons. The predicted octanol–water partition coefficient (Wildman–Crippen LogP) is 1.68. The Kier molecular flexibility index (Phi) is 4.95. The third-order valence-electron chi connectivity index (χ3n) is 4.32. The lowest BCUT2D eigenvalue weighted by molar-refractivity contribution is 0.0652. The van der Waals surface area contributed by atoms with E-state index in [1.807, 2.05) is 29.2 Å². The van der Waals surface area contributed by atoms with Gasteiger partial charge < -0.3 is 19.7 Å². The van der Waals surface area contributed by atoms with Gasteiger partial charge in [-0.3, -0.25) is 4.79 Å². The molecule has 2 heterocycles. The average Bonchev–Trinajstić information content (AvgIpc) is 3.07. The number of hydrogen-bond donors (Lipinski definition) is 1. The van der Waals surface area contributed by atoms with Crippen LogP contribution < -0.4 is 10.1 Å². The van der Waals surface area contributed by atoms with Crippen molar-refractivity contribution in [3.05, 3.63) is 29.8 Å². The molecule has 0 aromatic heterocycles. The minimum atomic E-state index is 0.0969. The lowest BCUT2D eigenvalue weighted by Crippen LogP contribution is -2.52. The molecule has 1 amide bonds. The number of amides is 1. The third-order valence-corrected chi connectivity index (χ3v) is 4.32. The van der Waals surface area contributed by atoms with Crippen LogP contribution in [0, 0.1) is 0 Å². The van der Waals surface area contributed by atoms with Gasteiger partial charge in [-0.05, 0) is 44.0 Å². The number of carbonyl (C=O) groups excluding carboxylic acids is 1. The Morgan fingerprint density at radius 2 is 2.23 bits per heavy atom. The highest BCUT2D eigenvalue weighted by Crippen LogP contribution is 2.18. The highest BCUT2D eigenvalue weighted by Gasteiger charge is 2.24. The number of piperazine rings is 1. The van der Waals surface area contributed by atoms with Crippen molar-refractivity contribution in [3.8, 4) is 5.75 Å². The maximum absolute atomic E-state index is 12.5. The summed E-state index contributed by atoms with van der Waals surface area (Å²) < 4.78 is 11.3. The summed E-state index contributed by atoms with van der Waals surface area (Å²) in [7, 11) is 0. The monoisotopic (exact) mass is 304 g/mol. The van der Waals surface area contributed by atoms with Crippen LogP contribution in [0.2, 0.25) is 0 Å². The van der Waals surface area contributed by atoms with E-state index in [0.717, 1.165) is 50.4 Å². The Labute approximate surface area is 131 Å². The van der Waals surface area contributed by atoms with Crippen molar-refractivity contribution in [2.75, 3.05) is 32.8 Å². The Morgan fingerprint density at radius 3 is 2.91 bits per heavy atom. The summed E-state index contributed by atoms with van der Waals surface area (Å²) in [4.78, 5) is 14.5. The zero-order valence-corrected chi connectivity index (χ0v) is 13.1. The number of benzene rings is 1. The van der Waals surface area contributed by atoms with E-state index < -0.39 is 0 Å². The first-order chi connectivity index (χ1) is 10.7. The van der Waals surface area contributed by atoms with Gasteiger partial charge in [-0.2, -0.15) is 0 Å². The normalized spacial score (nSPS) is 25.2. The standard InChI is InChI=1S/C17H24N2O3/c1-13-11-18-8-9-19(13)17(20)14-4-6-15(7-5-14)22-12-16-3-2-10-21-16/h4-7,13,16,18H,2-3,8-12H2,1H3/t13-,16?/m0/s1. The van der Waals surface area contributed by atoms with E-state index in [0.29, 0.717) is 6.61 Å². The number of hydrogen-bond acceptors (Lipinski definition) is 4. The van der Waals surface area contributed by atoms with Gasteiger partial charge >= 0.3 is 0 Å². The molecule has 5 heteroatoms. The zero-order valence-electron chi connectivity index (χ0n) is 13.1. The van der Waals surface area contributed by atoms with Gasteiger partial charge in [-0.1, -0.05) is 0 Å². The van der Waals surface area contributed by atoms with Crippen LogP contribution in [-0.4, -0.2) is 55.8 Å². The summed E-state index contributed by atoms with van der Waals surface area (Å²) in [6.07, 6.45) is 2.39. The molecule has 2 aliphatic heterocycles. The molecule has 1 aromatic rings. The van der Waals surface area contributed by atoms with Gasteiger partial charge in [0, 0.05) is 37.8 Å². The highest BCUT2D eigenvalue weighted by molar-refractivity contribution is 5.94. The van der Waals surface area contributed by atoms with Gasteiger partial charge in [0.2, 0.25) is 0 Å². The molecule has 1 N–H and O–H groups in total. The molecular weight excluding hydrogens is 280 g/mol. The Morgan fingerprint density at radius 1 is 1.41 bits per heavy atom. The number of nitrogens with one attached hydrogen (secondary N) is 1. The predicted molar refractivity (Wildman–Crippen MR) is 84.3 cm³/mol. The summed E-state index contributed by atoms with van der Waals surface area (Å²) in [6, 6.07) is 7.67. The number of rotatable bonds is 4. The number of ether oxygens (including phenoxy) is 2. The fourth-order valence-electron chi connectivity index (χ4n) is 2.97. The second kappa shape index (κ2) is 7.11. The summed E-state index contributed by atoms with van der Waals surface area (Å²) in [5.41, 5.74) is 0.721. The van der Waals surface area contributed by atoms with Crippen LogP contribution in [0.25, 0.3) is 0 Å². The lowest BCUT2D eigenvalue weighted by Gasteiger charge is -2.34. The molecule has 120 valence electrons. The lowest BCUT2D eigenvalue weighted by atomic mass is 10.1. The van der Waals surface area contributed by atoms with E-state index in [-0.39, 0.29) is 18.1 Å². The van der Waals surface area contributed by atoms with Gasteiger partial charge in [0.25, 0.3) is 5.91 Å². The van der Waals surface area contributed by atoms with Crippen molar-refractivity contribution in [1.29, 1.82) is 0 Å². The van der Waals surface area contributed by atoms with Gasteiger partial charge in [0.05, 0.1) is 6.10 Å². The molecule has 5 nitrogen and oxygen atoms in total. The Balaban J connectivity index is 1.57. The molecule has 1 unspecified atom stereocenters. The molecule has 2 aliphatic rings. The van der Waals surface area contributed by atoms with Crippen LogP contribution in [0.3, 0.4) is 0 Å². The molecule has 0 saturated carbocycles. The Hall–Kier alpha value is -1.59. The molecule has 2 fully saturated rings. The van der Waals surface area contributed by atoms with Crippen molar-refractivity contribution in [1.82, 2.24) is 10.2 Å². The topological polar surface area (TPSA) is 50.8 Å². The van der Waals surface area contributed by atoms with Crippen molar-refractivity contribution >= 4 is 5.91 Å². The van der Waals surface area contributed by atoms with E-state index in [4.69, 9.17) is 9.47 Å². The molecule has 3 rings (SSSR count). The number of nitrogens with zero attached hydrogens (tertiary/aromatic N) is 1. The quantitative estimate of drug-likeness (QED) is 0.919. The van der Waals surface area contributed by atoms with Gasteiger partial charge in [0.15, 0.2) is 0 Å². The Bertz CT molecular complexity index is 497. The van der Waals surface area contributed by atoms with E-state index in [2.05, 4.69) is 12.2 Å². The van der Waals surface area contributed by atoms with Crippen molar-refractivity contribution in [2.45, 2.75) is 31.9 Å². The van der Waals surface area contributed by atoms with Crippen molar-refractivity contribution < 1.29 is 14.3 Å². The first-order valence-corrected chi connectivity index (χ1v) is 8.10. The van der Waals surface area contributed by atoms with Crippen LogP contribution in [0.15, 0.2) is 24.3 Å². The van der Waals surface area contributed by atoms with E-state index in [1.165, 1.54) is 0 Å². The summed E-state index contributed by atoms with van der Waals surface area (Å²) in [6.45, 7) is 5.97. The van der Waals surface area contributed by atoms with E-state index in [9.17, 15) is 4.79 Å². The molecule has 2 atom stereocenters. The molecule has 0 bridgehead atoms. The van der Waals surface area contributed by atoms with Gasteiger partial charge in [-0.15, -0.1) is 0 Å². The molecule has 2 saturated heterocycles. The fraction of sp³-hybridized carbons (Fsp3) is 0.588. The minimum Gasteiger partial charge on any atom is -0.491 e. The largest absolute Gasteiger partial charge is 0.491 e. The van der Waals surface area contributed by atoms with Gasteiger partial charge in [0.1, 0.15) is 12.4 Å². The third kappa shape index (κ3) is 3.59. The van der Waals surface area contributed by atoms with E-state index >= 15 is 0 Å². The molecule has 22 heavy (non-hydrogen) atoms. The molecular formula is C17H24N2O3. The summed E-state index contributed by atoms with van der Waals surface area (Å²) >= 11 is 0. The maximum Gasteiger partial charge on any atom is 0.254 e. The second-order valence-corrected chi connectivity index (χ2v) is 6.02. The van der Waals surface area contributed by atoms with Crippen LogP contribution in [0.1, 0.15) is 30.1 Å². The fourth-order valence-corrected chi connectivity index (χ4v) is 2.97. The average molecular weight is 304 g/mol. The van der Waals surface area contributed by atoms with Crippen LogP contribution in [0.4, 0.5) is 0 Å². The number of carbonyl (C=O) groups is 1. The minimum absolute atomic E-state index is 0.0969. The van der Waals surface area contributed by atoms with Crippen molar-refractivity contribution in [3.63, 3.8) is 0 Å². The summed E-state index contributed by atoms with van der Waals surface area (Å²) in [5.74, 6) is 0.889. The first-order valence-electron chi connectivity index (χ1n) is 8.10. The van der Waals surface area contributed by atoms with Crippen LogP contribution in [0.5, 0.6) is 5.75 Å². The second-order valence-electron chi connectivity index (χ2n) is 6.02. The SMILES string of the molecule is C[C@H]1CNCCN1C(=O)c1ccc(OCC2CCCO2)cc1. The summed E-state index contributed by atoms with van der Waals surface area (Å²) in [5, 5.41) is 3.30. The maximum atomic E-state index is 12.5. The van der Waals surface area contributed by atoms with Crippen LogP contribution in [-0.2, 0) is 4.74 Å². The molecule has 1 aromatic carbocycles. The smallest absolute Gasteiger partial charge is 0.254 e. The van der Waals surface area contributed by atoms with Crippen molar-refractivity contribution in [2.24, 2.45) is 0 Å². The first kappa shape index (κ1) is 15.3.